The molecule has 0 spiro atoms. The Bertz CT molecular complexity index is 1110. The van der Waals surface area contributed by atoms with Crippen LogP contribution in [0.1, 0.15) is 15.9 Å². The van der Waals surface area contributed by atoms with Crippen molar-refractivity contribution in [2.75, 3.05) is 16.8 Å². The highest BCUT2D eigenvalue weighted by Crippen LogP contribution is 2.35. The molecule has 0 bridgehead atoms. The Morgan fingerprint density at radius 1 is 1.14 bits per heavy atom. The second kappa shape index (κ2) is 8.18. The smallest absolute Gasteiger partial charge is 0.251 e. The second-order valence-corrected chi connectivity index (χ2v) is 11.0. The number of sulfone groups is 1. The molecule has 0 radical (unpaired) electrons. The molecule has 2 N–H and O–H groups in total. The zero-order valence-electron chi connectivity index (χ0n) is 15.1. The summed E-state index contributed by atoms with van der Waals surface area (Å²) in [6, 6.07) is 12.0. The van der Waals surface area contributed by atoms with Crippen molar-refractivity contribution in [3.8, 4) is 0 Å². The SMILES string of the molecule is O=C(NCc1ccccc1Cl)c1ccc(Cl)c(NC2=N[C@H]3CS(=O)(=O)C[C@H]3S2)c1. The standard InChI is InChI=1S/C19H17Cl2N3O3S2/c20-13-4-2-1-3-12(13)8-22-18(25)11-5-6-14(21)15(7-11)23-19-24-16-9-29(26,27)10-17(16)28-19/h1-7,16-17H,8-10H2,(H,22,25)(H,23,24)/t16-,17+/m0/s1. The van der Waals surface area contributed by atoms with Crippen LogP contribution in [0, 0.1) is 0 Å². The summed E-state index contributed by atoms with van der Waals surface area (Å²) < 4.78 is 23.4. The quantitative estimate of drug-likeness (QED) is 0.713. The van der Waals surface area contributed by atoms with Crippen molar-refractivity contribution in [3.63, 3.8) is 0 Å². The Morgan fingerprint density at radius 2 is 1.93 bits per heavy atom. The van der Waals surface area contributed by atoms with Gasteiger partial charge in [0.1, 0.15) is 0 Å². The largest absolute Gasteiger partial charge is 0.348 e. The average Bonchev–Trinajstić information content (AvgIpc) is 3.15. The number of amidine groups is 1. The van der Waals surface area contributed by atoms with Crippen molar-refractivity contribution in [2.24, 2.45) is 4.99 Å². The van der Waals surface area contributed by atoms with E-state index in [4.69, 9.17) is 23.2 Å². The number of thioether (sulfide) groups is 1. The third kappa shape index (κ3) is 4.71. The highest BCUT2D eigenvalue weighted by Gasteiger charge is 2.42. The van der Waals surface area contributed by atoms with Crippen molar-refractivity contribution in [2.45, 2.75) is 17.8 Å². The zero-order valence-corrected chi connectivity index (χ0v) is 18.2. The van der Waals surface area contributed by atoms with Gasteiger partial charge in [0.2, 0.25) is 0 Å². The summed E-state index contributed by atoms with van der Waals surface area (Å²) in [5.74, 6) is -0.0443. The molecule has 1 amide bonds. The fourth-order valence-electron chi connectivity index (χ4n) is 3.21. The monoisotopic (exact) mass is 469 g/mol. The van der Waals surface area contributed by atoms with Gasteiger partial charge in [-0.05, 0) is 29.8 Å². The van der Waals surface area contributed by atoms with E-state index in [9.17, 15) is 13.2 Å². The van der Waals surface area contributed by atoms with Crippen LogP contribution in [0.2, 0.25) is 10.0 Å². The molecular weight excluding hydrogens is 453 g/mol. The van der Waals surface area contributed by atoms with E-state index in [2.05, 4.69) is 15.6 Å². The molecule has 0 aliphatic carbocycles. The number of aliphatic imine (C=N–C) groups is 1. The van der Waals surface area contributed by atoms with E-state index in [0.717, 1.165) is 5.56 Å². The molecule has 2 aliphatic rings. The molecule has 29 heavy (non-hydrogen) atoms. The highest BCUT2D eigenvalue weighted by atomic mass is 35.5. The molecule has 6 nitrogen and oxygen atoms in total. The molecule has 152 valence electrons. The van der Waals surface area contributed by atoms with Crippen LogP contribution in [0.25, 0.3) is 0 Å². The van der Waals surface area contributed by atoms with Gasteiger partial charge < -0.3 is 10.6 Å². The van der Waals surface area contributed by atoms with Crippen LogP contribution < -0.4 is 10.6 Å². The van der Waals surface area contributed by atoms with Crippen LogP contribution in [-0.2, 0) is 16.4 Å². The van der Waals surface area contributed by atoms with Gasteiger partial charge in [0, 0.05) is 22.4 Å². The van der Waals surface area contributed by atoms with Crippen LogP contribution in [0.3, 0.4) is 0 Å². The molecule has 1 fully saturated rings. The van der Waals surface area contributed by atoms with Crippen LogP contribution in [0.15, 0.2) is 47.5 Å². The summed E-state index contributed by atoms with van der Waals surface area (Å²) in [4.78, 5) is 17.0. The number of carbonyl (C=O) groups is 1. The summed E-state index contributed by atoms with van der Waals surface area (Å²) in [7, 11) is -3.00. The Morgan fingerprint density at radius 3 is 2.69 bits per heavy atom. The first-order chi connectivity index (χ1) is 13.8. The number of anilines is 1. The minimum Gasteiger partial charge on any atom is -0.348 e. The number of benzene rings is 2. The van der Waals surface area contributed by atoms with Gasteiger partial charge in [-0.1, -0.05) is 53.2 Å². The number of fused-ring (bicyclic) bond motifs is 1. The summed E-state index contributed by atoms with van der Waals surface area (Å²) >= 11 is 13.8. The molecule has 2 atom stereocenters. The van der Waals surface area contributed by atoms with E-state index in [0.29, 0.717) is 33.0 Å². The van der Waals surface area contributed by atoms with Crippen LogP contribution in [0.4, 0.5) is 5.69 Å². The number of hydrogen-bond donors (Lipinski definition) is 2. The molecule has 2 aromatic rings. The van der Waals surface area contributed by atoms with Gasteiger partial charge in [0.25, 0.3) is 5.91 Å². The maximum atomic E-state index is 12.5. The lowest BCUT2D eigenvalue weighted by atomic mass is 10.1. The minimum atomic E-state index is -3.00. The number of halogens is 2. The Balaban J connectivity index is 1.44. The fourth-order valence-corrected chi connectivity index (χ4v) is 7.25. The summed E-state index contributed by atoms with van der Waals surface area (Å²) in [6.07, 6.45) is 0. The molecular formula is C19H17Cl2N3O3S2. The van der Waals surface area contributed by atoms with Gasteiger partial charge in [-0.3, -0.25) is 9.79 Å². The van der Waals surface area contributed by atoms with Gasteiger partial charge in [-0.15, -0.1) is 0 Å². The maximum absolute atomic E-state index is 12.5. The van der Waals surface area contributed by atoms with Gasteiger partial charge >= 0.3 is 0 Å². The number of amides is 1. The van der Waals surface area contributed by atoms with Gasteiger partial charge in [0.15, 0.2) is 15.0 Å². The number of rotatable bonds is 4. The Kier molecular flexibility index (Phi) is 5.79. The summed E-state index contributed by atoms with van der Waals surface area (Å²) in [6.45, 7) is 0.310. The van der Waals surface area contributed by atoms with Crippen molar-refractivity contribution in [1.29, 1.82) is 0 Å². The molecule has 2 heterocycles. The van der Waals surface area contributed by atoms with E-state index in [-0.39, 0.29) is 28.7 Å². The van der Waals surface area contributed by atoms with Crippen molar-refractivity contribution in [3.05, 3.63) is 63.6 Å². The average molecular weight is 470 g/mol. The van der Waals surface area contributed by atoms with E-state index in [1.54, 1.807) is 24.3 Å². The van der Waals surface area contributed by atoms with Crippen molar-refractivity contribution < 1.29 is 13.2 Å². The fraction of sp³-hybridized carbons (Fsp3) is 0.263. The maximum Gasteiger partial charge on any atom is 0.251 e. The summed E-state index contributed by atoms with van der Waals surface area (Å²) in [5.41, 5.74) is 1.81. The lowest BCUT2D eigenvalue weighted by Gasteiger charge is -2.11. The molecule has 2 aromatic carbocycles. The molecule has 0 unspecified atom stereocenters. The lowest BCUT2D eigenvalue weighted by molar-refractivity contribution is 0.0951. The Hall–Kier alpha value is -1.74. The second-order valence-electron chi connectivity index (χ2n) is 6.83. The zero-order chi connectivity index (χ0) is 20.6. The minimum absolute atomic E-state index is 0.0663. The number of hydrogen-bond acceptors (Lipinski definition) is 6. The predicted molar refractivity (Wildman–Crippen MR) is 119 cm³/mol. The van der Waals surface area contributed by atoms with Crippen LogP contribution in [-0.4, -0.2) is 42.3 Å². The third-order valence-electron chi connectivity index (χ3n) is 4.69. The van der Waals surface area contributed by atoms with Crippen molar-refractivity contribution in [1.82, 2.24) is 5.32 Å². The molecule has 10 heteroatoms. The number of nitrogens with zero attached hydrogens (tertiary/aromatic N) is 1. The van der Waals surface area contributed by atoms with Crippen LogP contribution in [0.5, 0.6) is 0 Å². The highest BCUT2D eigenvalue weighted by molar-refractivity contribution is 8.15. The Labute approximate surface area is 183 Å². The normalized spacial score (nSPS) is 22.1. The van der Waals surface area contributed by atoms with E-state index in [1.165, 1.54) is 11.8 Å². The topological polar surface area (TPSA) is 87.6 Å². The molecule has 4 rings (SSSR count). The van der Waals surface area contributed by atoms with Crippen molar-refractivity contribution >= 4 is 61.6 Å². The summed E-state index contributed by atoms with van der Waals surface area (Å²) in [5, 5.41) is 7.56. The van der Waals surface area contributed by atoms with Crippen LogP contribution >= 0.6 is 35.0 Å². The first-order valence-electron chi connectivity index (χ1n) is 8.84. The third-order valence-corrected chi connectivity index (χ3v) is 8.53. The van der Waals surface area contributed by atoms with E-state index >= 15 is 0 Å². The van der Waals surface area contributed by atoms with Gasteiger partial charge in [0.05, 0.1) is 28.3 Å². The molecule has 2 aliphatic heterocycles. The van der Waals surface area contributed by atoms with E-state index < -0.39 is 9.84 Å². The lowest BCUT2D eigenvalue weighted by Crippen LogP contribution is -2.23. The molecule has 0 aromatic heterocycles. The molecule has 0 saturated carbocycles. The predicted octanol–water partition coefficient (Wildman–Crippen LogP) is 3.60. The first-order valence-corrected chi connectivity index (χ1v) is 12.3. The van der Waals surface area contributed by atoms with Gasteiger partial charge in [-0.25, -0.2) is 8.42 Å². The van der Waals surface area contributed by atoms with E-state index in [1.807, 2.05) is 18.2 Å². The number of nitrogens with one attached hydrogen (secondary N) is 2. The molecule has 1 saturated heterocycles. The van der Waals surface area contributed by atoms with Gasteiger partial charge in [-0.2, -0.15) is 0 Å². The first kappa shape index (κ1) is 20.5. The number of carbonyl (C=O) groups excluding carboxylic acids is 1.